The number of aryl methyl sites for hydroxylation is 3. The van der Waals surface area contributed by atoms with Crippen LogP contribution in [0.4, 0.5) is 0 Å². The average molecular weight is 1570 g/mol. The van der Waals surface area contributed by atoms with Gasteiger partial charge in [-0.15, -0.1) is 0 Å². The van der Waals surface area contributed by atoms with Crippen LogP contribution in [0.3, 0.4) is 0 Å². The third kappa shape index (κ3) is 12.8. The summed E-state index contributed by atoms with van der Waals surface area (Å²) in [6.45, 7) is 0. The minimum atomic E-state index is 0. The van der Waals surface area contributed by atoms with Crippen LogP contribution >= 0.6 is 0 Å². The van der Waals surface area contributed by atoms with E-state index in [9.17, 15) is 0 Å². The zero-order valence-corrected chi connectivity index (χ0v) is 67.3. The summed E-state index contributed by atoms with van der Waals surface area (Å²) in [5.74, 6) is 1.15. The number of rotatable bonds is 10. The second-order valence-corrected chi connectivity index (χ2v) is 31.7. The van der Waals surface area contributed by atoms with Gasteiger partial charge in [-0.25, -0.2) is 18.3 Å². The Kier molecular flexibility index (Phi) is 18.7. The quantitative estimate of drug-likeness (QED) is 0.0965. The second-order valence-electron chi connectivity index (χ2n) is 31.7. The Balaban J connectivity index is 0.000000113. The SMILES string of the molecule is C.C[n+]1c(-c2ccc(-c3c4ccccc4c(-c4ccc5ccccc5c4)c4ccccc34)cc2)n(-c2ccccc2)c2ccccc21.C[n+]1ccc(-c2ccc(-c3c4ccccc4c(-c4ccc5ccccc5c4)c4ccccc34)cc2)cc1.C[n+]1ccn(-c2ccc3c(c2)c2cc4c(cc2n3-c2ccccc2)c2ccccc2n4-c2ccccc2)c1. The molecule has 24 rings (SSSR count). The van der Waals surface area contributed by atoms with Gasteiger partial charge in [0, 0.05) is 45.1 Å². The Morgan fingerprint density at radius 1 is 0.205 bits per heavy atom. The normalized spacial score (nSPS) is 11.5. The molecule has 0 amide bonds. The maximum atomic E-state index is 2.40. The van der Waals surface area contributed by atoms with Gasteiger partial charge in [-0.2, -0.15) is 4.57 Å². The molecule has 0 aliphatic rings. The van der Waals surface area contributed by atoms with Crippen molar-refractivity contribution in [1.29, 1.82) is 0 Å². The molecule has 7 nitrogen and oxygen atoms in total. The van der Waals surface area contributed by atoms with Gasteiger partial charge in [0.05, 0.1) is 41.7 Å². The van der Waals surface area contributed by atoms with E-state index >= 15 is 0 Å². The predicted octanol–water partition coefficient (Wildman–Crippen LogP) is 28.0. The van der Waals surface area contributed by atoms with E-state index in [1.54, 1.807) is 0 Å². The van der Waals surface area contributed by atoms with Gasteiger partial charge in [0.25, 0.3) is 5.82 Å². The molecule has 24 aromatic rings. The van der Waals surface area contributed by atoms with Gasteiger partial charge in [0.2, 0.25) is 6.33 Å². The van der Waals surface area contributed by atoms with Gasteiger partial charge in [-0.1, -0.05) is 299 Å². The molecule has 0 N–H and O–H groups in total. The van der Waals surface area contributed by atoms with Gasteiger partial charge in [-0.3, -0.25) is 0 Å². The van der Waals surface area contributed by atoms with Gasteiger partial charge < -0.3 is 9.13 Å². The first-order valence-electron chi connectivity index (χ1n) is 41.5. The zero-order valence-electron chi connectivity index (χ0n) is 67.3. The van der Waals surface area contributed by atoms with E-state index in [4.69, 9.17) is 0 Å². The van der Waals surface area contributed by atoms with Crippen molar-refractivity contribution in [1.82, 2.24) is 18.3 Å². The lowest BCUT2D eigenvalue weighted by Crippen LogP contribution is -2.30. The van der Waals surface area contributed by atoms with Crippen LogP contribution in [0.2, 0.25) is 0 Å². The van der Waals surface area contributed by atoms with E-state index < -0.39 is 0 Å². The fraction of sp³-hybridized carbons (Fsp3) is 0.0348. The van der Waals surface area contributed by atoms with Crippen LogP contribution < -0.4 is 13.7 Å². The predicted molar refractivity (Wildman–Crippen MR) is 512 cm³/mol. The molecule has 578 valence electrons. The van der Waals surface area contributed by atoms with E-state index in [0.29, 0.717) is 0 Å². The van der Waals surface area contributed by atoms with Crippen molar-refractivity contribution in [3.8, 4) is 89.8 Å². The second kappa shape index (κ2) is 30.9. The highest BCUT2D eigenvalue weighted by Crippen LogP contribution is 2.48. The van der Waals surface area contributed by atoms with Crippen LogP contribution in [0.5, 0.6) is 0 Å². The molecule has 5 heterocycles. The van der Waals surface area contributed by atoms with Crippen molar-refractivity contribution < 1.29 is 13.7 Å². The van der Waals surface area contributed by atoms with Gasteiger partial charge in [0.15, 0.2) is 23.4 Å². The lowest BCUT2D eigenvalue weighted by molar-refractivity contribution is -0.671. The molecule has 0 aliphatic heterocycles. The van der Waals surface area contributed by atoms with Crippen LogP contribution in [0.1, 0.15) is 7.43 Å². The van der Waals surface area contributed by atoms with Crippen LogP contribution in [0.15, 0.2) is 444 Å². The van der Waals surface area contributed by atoms with Crippen molar-refractivity contribution >= 4 is 119 Å². The van der Waals surface area contributed by atoms with Gasteiger partial charge in [0.1, 0.15) is 30.8 Å². The average Bonchev–Trinajstić information content (AvgIpc) is 1.53. The van der Waals surface area contributed by atoms with Crippen LogP contribution in [0, 0.1) is 0 Å². The van der Waals surface area contributed by atoms with Crippen LogP contribution in [-0.4, -0.2) is 18.3 Å². The number of nitrogens with zero attached hydrogens (tertiary/aromatic N) is 7. The Morgan fingerprint density at radius 2 is 0.549 bits per heavy atom. The summed E-state index contributed by atoms with van der Waals surface area (Å²) in [7, 11) is 6.26. The molecule has 7 heteroatoms. The fourth-order valence-electron chi connectivity index (χ4n) is 18.9. The topological polar surface area (TPSA) is 31.4 Å². The third-order valence-corrected chi connectivity index (χ3v) is 24.5. The number of hydrogen-bond acceptors (Lipinski definition) is 0. The van der Waals surface area contributed by atoms with Crippen LogP contribution in [0.25, 0.3) is 209 Å². The fourth-order valence-corrected chi connectivity index (χ4v) is 18.9. The number of hydrogen-bond donors (Lipinski definition) is 0. The first-order chi connectivity index (χ1) is 59.8. The van der Waals surface area contributed by atoms with E-state index in [-0.39, 0.29) is 7.43 Å². The maximum Gasteiger partial charge on any atom is 0.294 e. The van der Waals surface area contributed by atoms with E-state index in [1.807, 2.05) is 7.05 Å². The number of imidazole rings is 2. The summed E-state index contributed by atoms with van der Waals surface area (Å²) in [4.78, 5) is 0. The third-order valence-electron chi connectivity index (χ3n) is 24.5. The molecule has 0 atom stereocenters. The van der Waals surface area contributed by atoms with Gasteiger partial charge >= 0.3 is 0 Å². The van der Waals surface area contributed by atoms with Crippen molar-refractivity contribution in [2.24, 2.45) is 21.1 Å². The monoisotopic (exact) mass is 1560 g/mol. The molecule has 19 aromatic carbocycles. The summed E-state index contributed by atoms with van der Waals surface area (Å²) in [5.41, 5.74) is 25.6. The van der Waals surface area contributed by atoms with E-state index in [1.165, 1.54) is 192 Å². The molecule has 5 aromatic heterocycles. The molecule has 0 bridgehead atoms. The Hall–Kier alpha value is -15.8. The molecule has 0 unspecified atom stereocenters. The molecule has 0 radical (unpaired) electrons. The smallest absolute Gasteiger partial charge is 0.294 e. The molecular formula is C115H86N7+3. The van der Waals surface area contributed by atoms with E-state index in [2.05, 4.69) is 490 Å². The summed E-state index contributed by atoms with van der Waals surface area (Å²) >= 11 is 0. The lowest BCUT2D eigenvalue weighted by atomic mass is 9.85. The zero-order chi connectivity index (χ0) is 80.6. The minimum absolute atomic E-state index is 0. The van der Waals surface area contributed by atoms with E-state index in [0.717, 1.165) is 17.2 Å². The van der Waals surface area contributed by atoms with Crippen molar-refractivity contribution in [3.63, 3.8) is 0 Å². The van der Waals surface area contributed by atoms with Crippen molar-refractivity contribution in [2.45, 2.75) is 7.43 Å². The molecule has 0 fully saturated rings. The number of para-hydroxylation sites is 6. The number of fused-ring (bicyclic) bond motifs is 13. The number of benzene rings is 19. The molecule has 0 spiro atoms. The van der Waals surface area contributed by atoms with Crippen LogP contribution in [-0.2, 0) is 21.1 Å². The molecular weight excluding hydrogens is 1480 g/mol. The van der Waals surface area contributed by atoms with Gasteiger partial charge in [-0.05, 0) is 229 Å². The Bertz CT molecular complexity index is 8020. The molecule has 0 saturated carbocycles. The van der Waals surface area contributed by atoms with Crippen molar-refractivity contribution in [3.05, 3.63) is 444 Å². The highest BCUT2D eigenvalue weighted by atomic mass is 15.2. The highest BCUT2D eigenvalue weighted by Gasteiger charge is 2.28. The Labute approximate surface area is 708 Å². The van der Waals surface area contributed by atoms with Crippen molar-refractivity contribution in [2.75, 3.05) is 0 Å². The first kappa shape index (κ1) is 73.8. The standard InChI is InChI=1S/C44H31N2.C36H26N.C34H25N4.CH4/c1-45-40-21-11-12-22-41(40)46(35-15-3-2-4-16-35)44(45)32-26-24-31(25-27-32)42-36-17-7-9-19-38(36)43(39-20-10-8-18-37(39)42)34-28-23-30-13-5-6-14-33(30)29-34;1-37-22-20-27(21-23-37)26-14-17-28(18-15-26)35-31-10-4-6-12-33(31)36(34-13-7-5-11-32(34)35)30-19-16-25-8-2-3-9-29(25)24-30;1-35-18-19-36(23-35)26-16-17-32-28(20-26)30-22-33-29(21-34(30)38(32)25-12-6-3-7-13-25)27-14-8-9-15-31(27)37(33)24-10-4-2-5-11-24;/h2-29H,1H3;2-24H,1H3;2-23H,1H3;1H4/q3*+1;. The molecule has 0 aliphatic carbocycles. The minimum Gasteiger partial charge on any atom is -0.309 e. The Morgan fingerprint density at radius 3 is 1.01 bits per heavy atom. The molecule has 122 heavy (non-hydrogen) atoms. The molecule has 0 saturated heterocycles. The number of aromatic nitrogens is 7. The largest absolute Gasteiger partial charge is 0.309 e. The lowest BCUT2D eigenvalue weighted by Gasteiger charge is -2.18. The number of pyridine rings is 1. The summed E-state index contributed by atoms with van der Waals surface area (Å²) < 4.78 is 15.8. The summed E-state index contributed by atoms with van der Waals surface area (Å²) in [5, 5.41) is 20.3. The summed E-state index contributed by atoms with van der Waals surface area (Å²) in [6, 6.07) is 150. The summed E-state index contributed by atoms with van der Waals surface area (Å²) in [6.07, 6.45) is 10.5. The maximum absolute atomic E-state index is 2.40. The first-order valence-corrected chi connectivity index (χ1v) is 41.5. The highest BCUT2D eigenvalue weighted by molar-refractivity contribution is 6.24.